The second-order valence-corrected chi connectivity index (χ2v) is 11.9. The molecular weight excluding hydrogens is 456 g/mol. The normalized spacial score (nSPS) is 27.3. The van der Waals surface area contributed by atoms with E-state index in [0.717, 1.165) is 38.5 Å². The van der Waals surface area contributed by atoms with Gasteiger partial charge >= 0.3 is 0 Å². The summed E-state index contributed by atoms with van der Waals surface area (Å²) in [6, 6.07) is -1.21. The molecule has 8 nitrogen and oxygen atoms in total. The van der Waals surface area contributed by atoms with Crippen LogP contribution < -0.4 is 16.0 Å². The molecule has 0 spiro atoms. The van der Waals surface area contributed by atoms with Crippen LogP contribution in [0.2, 0.25) is 0 Å². The molecule has 5 atom stereocenters. The molecule has 1 aliphatic heterocycles. The van der Waals surface area contributed by atoms with Gasteiger partial charge in [0.1, 0.15) is 6.04 Å². The summed E-state index contributed by atoms with van der Waals surface area (Å²) in [7, 11) is 0. The summed E-state index contributed by atoms with van der Waals surface area (Å²) in [6.07, 6.45) is 9.68. The fourth-order valence-electron chi connectivity index (χ4n) is 6.79. The number of nitrogens with zero attached hydrogens (tertiary/aromatic N) is 1. The van der Waals surface area contributed by atoms with Crippen LogP contribution in [0, 0.1) is 22.7 Å². The summed E-state index contributed by atoms with van der Waals surface area (Å²) in [5.74, 6) is -0.344. The third-order valence-corrected chi connectivity index (χ3v) is 9.17. The van der Waals surface area contributed by atoms with E-state index in [0.29, 0.717) is 37.8 Å². The van der Waals surface area contributed by atoms with Crippen molar-refractivity contribution in [2.24, 2.45) is 22.7 Å². The number of ketones is 1. The average molecular weight is 503 g/mol. The van der Waals surface area contributed by atoms with Gasteiger partial charge in [-0.15, -0.1) is 6.58 Å². The quantitative estimate of drug-likeness (QED) is 0.192. The van der Waals surface area contributed by atoms with Crippen molar-refractivity contribution in [2.75, 3.05) is 19.6 Å². The first-order valence-corrected chi connectivity index (χ1v) is 13.8. The molecule has 3 fully saturated rings. The zero-order valence-corrected chi connectivity index (χ0v) is 22.6. The molecule has 8 heteroatoms. The van der Waals surface area contributed by atoms with Gasteiger partial charge in [0.2, 0.25) is 18.1 Å². The van der Waals surface area contributed by atoms with Crippen molar-refractivity contribution in [3.63, 3.8) is 0 Å². The van der Waals surface area contributed by atoms with E-state index in [1.807, 2.05) is 4.90 Å². The van der Waals surface area contributed by atoms with Gasteiger partial charge in [-0.05, 0) is 41.9 Å². The molecule has 2 saturated carbocycles. The molecule has 3 N–H and O–H groups in total. The molecule has 2 aliphatic carbocycles. The fraction of sp³-hybridized carbons (Fsp3) is 0.786. The highest BCUT2D eigenvalue weighted by Crippen LogP contribution is 2.65. The second-order valence-electron chi connectivity index (χ2n) is 11.9. The highest BCUT2D eigenvalue weighted by molar-refractivity contribution is 6.38. The Morgan fingerprint density at radius 3 is 2.44 bits per heavy atom. The maximum Gasteiger partial charge on any atom is 0.289 e. The van der Waals surface area contributed by atoms with Crippen LogP contribution >= 0.6 is 0 Å². The SMILES string of the molecule is C=CCNC(=O)C(=O)C(CCCC)NC[C@@H]1C2C(CN1C(=O)[C@@H](NC=O)C1(C)CCCCC1)C2(C)C. The monoisotopic (exact) mass is 502 g/mol. The van der Waals surface area contributed by atoms with Crippen LogP contribution in [-0.4, -0.2) is 66.7 Å². The van der Waals surface area contributed by atoms with E-state index in [4.69, 9.17) is 0 Å². The Morgan fingerprint density at radius 1 is 1.14 bits per heavy atom. The number of rotatable bonds is 14. The van der Waals surface area contributed by atoms with E-state index in [1.165, 1.54) is 6.42 Å². The van der Waals surface area contributed by atoms with E-state index in [2.05, 4.69) is 50.2 Å². The first-order valence-electron chi connectivity index (χ1n) is 13.8. The number of fused-ring (bicyclic) bond motifs is 1. The number of hydrogen-bond acceptors (Lipinski definition) is 5. The molecular formula is C28H46N4O4. The van der Waals surface area contributed by atoms with Crippen LogP contribution in [0.15, 0.2) is 12.7 Å². The van der Waals surface area contributed by atoms with Crippen molar-refractivity contribution in [1.29, 1.82) is 0 Å². The summed E-state index contributed by atoms with van der Waals surface area (Å²) in [5.41, 5.74) is -0.116. The van der Waals surface area contributed by atoms with Crippen molar-refractivity contribution >= 4 is 24.0 Å². The van der Waals surface area contributed by atoms with Crippen LogP contribution in [0.25, 0.3) is 0 Å². The minimum absolute atomic E-state index is 0.0125. The largest absolute Gasteiger partial charge is 0.346 e. The van der Waals surface area contributed by atoms with Crippen LogP contribution in [-0.2, 0) is 19.2 Å². The summed E-state index contributed by atoms with van der Waals surface area (Å²) in [5, 5.41) is 8.84. The number of hydrogen-bond donors (Lipinski definition) is 3. The topological polar surface area (TPSA) is 108 Å². The smallest absolute Gasteiger partial charge is 0.289 e. The molecule has 202 valence electrons. The predicted molar refractivity (Wildman–Crippen MR) is 140 cm³/mol. The van der Waals surface area contributed by atoms with Gasteiger partial charge in [-0.3, -0.25) is 19.2 Å². The lowest BCUT2D eigenvalue weighted by atomic mass is 9.70. The standard InChI is InChI=1S/C28H46N4O4/c1-6-8-12-20(23(34)25(35)29-15-7-2)30-16-21-22-19(27(22,3)4)17-32(21)26(36)24(31-18-33)28(5)13-10-9-11-14-28/h7,18-22,24,30H,2,6,8-17H2,1,3-5H3,(H,29,35)(H,31,33)/t19?,20?,21-,22?,24-/m1/s1. The van der Waals surface area contributed by atoms with Crippen LogP contribution in [0.4, 0.5) is 0 Å². The summed E-state index contributed by atoms with van der Waals surface area (Å²) in [6.45, 7) is 13.6. The maximum absolute atomic E-state index is 13.9. The summed E-state index contributed by atoms with van der Waals surface area (Å²) < 4.78 is 0. The Morgan fingerprint density at radius 2 is 1.83 bits per heavy atom. The third kappa shape index (κ3) is 5.84. The minimum Gasteiger partial charge on any atom is -0.346 e. The van der Waals surface area contributed by atoms with Crippen LogP contribution in [0.5, 0.6) is 0 Å². The van der Waals surface area contributed by atoms with E-state index in [1.54, 1.807) is 6.08 Å². The Hall–Kier alpha value is -2.22. The number of unbranched alkanes of at least 4 members (excludes halogenated alkanes) is 1. The van der Waals surface area contributed by atoms with E-state index < -0.39 is 23.8 Å². The van der Waals surface area contributed by atoms with Gasteiger partial charge in [-0.1, -0.05) is 65.9 Å². The summed E-state index contributed by atoms with van der Waals surface area (Å²) in [4.78, 5) is 52.7. The number of nitrogens with one attached hydrogen (secondary N) is 3. The number of Topliss-reactive ketones (excluding diaryl/α,β-unsaturated/α-hetero) is 1. The zero-order chi connectivity index (χ0) is 26.5. The van der Waals surface area contributed by atoms with Gasteiger partial charge in [0.05, 0.1) is 6.04 Å². The van der Waals surface area contributed by atoms with Crippen LogP contribution in [0.3, 0.4) is 0 Å². The van der Waals surface area contributed by atoms with Gasteiger partial charge in [0.15, 0.2) is 0 Å². The average Bonchev–Trinajstić information content (AvgIpc) is 3.18. The van der Waals surface area contributed by atoms with Gasteiger partial charge < -0.3 is 20.9 Å². The van der Waals surface area contributed by atoms with Crippen molar-refractivity contribution in [2.45, 2.75) is 97.2 Å². The van der Waals surface area contributed by atoms with Gasteiger partial charge in [-0.2, -0.15) is 0 Å². The first-order chi connectivity index (χ1) is 17.1. The fourth-order valence-corrected chi connectivity index (χ4v) is 6.79. The number of amides is 3. The maximum atomic E-state index is 13.9. The predicted octanol–water partition coefficient (Wildman–Crippen LogP) is 2.57. The number of likely N-dealkylation sites (tertiary alicyclic amines) is 1. The lowest BCUT2D eigenvalue weighted by Gasteiger charge is -2.43. The molecule has 0 aromatic rings. The Bertz CT molecular complexity index is 835. The van der Waals surface area contributed by atoms with Crippen molar-refractivity contribution in [1.82, 2.24) is 20.9 Å². The van der Waals surface area contributed by atoms with Crippen molar-refractivity contribution in [3.05, 3.63) is 12.7 Å². The molecule has 0 bridgehead atoms. The zero-order valence-electron chi connectivity index (χ0n) is 22.6. The second kappa shape index (κ2) is 11.9. The van der Waals surface area contributed by atoms with Crippen molar-refractivity contribution < 1.29 is 19.2 Å². The van der Waals surface area contributed by atoms with Crippen LogP contribution in [0.1, 0.15) is 79.1 Å². The Kier molecular flexibility index (Phi) is 9.36. The lowest BCUT2D eigenvalue weighted by molar-refractivity contribution is -0.141. The summed E-state index contributed by atoms with van der Waals surface area (Å²) >= 11 is 0. The molecule has 36 heavy (non-hydrogen) atoms. The Balaban J connectivity index is 1.76. The molecule has 0 aromatic carbocycles. The number of carbonyl (C=O) groups excluding carboxylic acids is 4. The Labute approximate surface area is 216 Å². The van der Waals surface area contributed by atoms with E-state index >= 15 is 0 Å². The van der Waals surface area contributed by atoms with E-state index in [-0.39, 0.29) is 29.3 Å². The molecule has 3 unspecified atom stereocenters. The van der Waals surface area contributed by atoms with Gasteiger partial charge in [0, 0.05) is 25.7 Å². The molecule has 1 heterocycles. The molecule has 1 saturated heterocycles. The molecule has 3 aliphatic rings. The van der Waals surface area contributed by atoms with Gasteiger partial charge in [0.25, 0.3) is 5.91 Å². The highest BCUT2D eigenvalue weighted by atomic mass is 16.2. The lowest BCUT2D eigenvalue weighted by Crippen LogP contribution is -2.59. The van der Waals surface area contributed by atoms with Crippen molar-refractivity contribution in [3.8, 4) is 0 Å². The molecule has 3 amide bonds. The third-order valence-electron chi connectivity index (χ3n) is 9.17. The molecule has 3 rings (SSSR count). The number of carbonyl (C=O) groups is 4. The molecule has 0 aromatic heterocycles. The molecule has 0 radical (unpaired) electrons. The highest BCUT2D eigenvalue weighted by Gasteiger charge is 2.67. The van der Waals surface area contributed by atoms with E-state index in [9.17, 15) is 19.2 Å². The minimum atomic E-state index is -0.604. The number of piperidine rings is 1. The first kappa shape index (κ1) is 28.4. The van der Waals surface area contributed by atoms with Gasteiger partial charge in [-0.25, -0.2) is 0 Å².